The Kier molecular flexibility index (Phi) is 5.56. The maximum atomic E-state index is 5.82. The number of anilines is 1. The van der Waals surface area contributed by atoms with Crippen LogP contribution in [0, 0.1) is 0 Å². The third-order valence-corrected chi connectivity index (χ3v) is 2.28. The Balaban J connectivity index is 2.38. The molecular formula is C11H20N4O. The van der Waals surface area contributed by atoms with Crippen LogP contribution in [0.5, 0.6) is 5.88 Å². The van der Waals surface area contributed by atoms with Crippen molar-refractivity contribution in [1.29, 1.82) is 0 Å². The molecule has 3 N–H and O–H groups in total. The molecule has 1 unspecified atom stereocenters. The molecule has 1 rings (SSSR count). The normalized spacial score (nSPS) is 12.2. The predicted molar refractivity (Wildman–Crippen MR) is 64.6 cm³/mol. The molecule has 5 nitrogen and oxygen atoms in total. The van der Waals surface area contributed by atoms with Crippen molar-refractivity contribution in [3.63, 3.8) is 0 Å². The fourth-order valence-corrected chi connectivity index (χ4v) is 1.25. The van der Waals surface area contributed by atoms with Crippen molar-refractivity contribution in [3.8, 4) is 5.88 Å². The zero-order valence-corrected chi connectivity index (χ0v) is 9.94. The Morgan fingerprint density at radius 2 is 2.25 bits per heavy atom. The van der Waals surface area contributed by atoms with Crippen LogP contribution in [-0.2, 0) is 0 Å². The molecule has 0 aliphatic heterocycles. The fourth-order valence-electron chi connectivity index (χ4n) is 1.25. The van der Waals surface area contributed by atoms with Crippen LogP contribution < -0.4 is 15.8 Å². The van der Waals surface area contributed by atoms with Crippen LogP contribution in [0.4, 0.5) is 5.82 Å². The van der Waals surface area contributed by atoms with Gasteiger partial charge >= 0.3 is 0 Å². The summed E-state index contributed by atoms with van der Waals surface area (Å²) in [6.07, 6.45) is 3.42. The van der Waals surface area contributed by atoms with Gasteiger partial charge < -0.3 is 15.8 Å². The van der Waals surface area contributed by atoms with Gasteiger partial charge in [-0.05, 0) is 19.8 Å². The molecule has 0 spiro atoms. The first-order chi connectivity index (χ1) is 7.76. The largest absolute Gasteiger partial charge is 0.478 e. The van der Waals surface area contributed by atoms with Gasteiger partial charge in [-0.15, -0.1) is 0 Å². The van der Waals surface area contributed by atoms with Crippen molar-refractivity contribution in [2.75, 3.05) is 18.5 Å². The van der Waals surface area contributed by atoms with E-state index in [0.29, 0.717) is 12.5 Å². The van der Waals surface area contributed by atoms with E-state index in [0.717, 1.165) is 25.2 Å². The molecule has 1 atom stereocenters. The monoisotopic (exact) mass is 224 g/mol. The van der Waals surface area contributed by atoms with Gasteiger partial charge in [-0.2, -0.15) is 0 Å². The predicted octanol–water partition coefficient (Wildman–Crippen LogP) is 1.41. The summed E-state index contributed by atoms with van der Waals surface area (Å²) < 4.78 is 5.28. The first-order valence-corrected chi connectivity index (χ1v) is 5.70. The van der Waals surface area contributed by atoms with Gasteiger partial charge in [0.1, 0.15) is 12.1 Å². The summed E-state index contributed by atoms with van der Waals surface area (Å²) in [5.41, 5.74) is 5.82. The average molecular weight is 224 g/mol. The van der Waals surface area contributed by atoms with E-state index >= 15 is 0 Å². The third kappa shape index (κ3) is 4.44. The molecule has 0 aromatic carbocycles. The second kappa shape index (κ2) is 7.00. The summed E-state index contributed by atoms with van der Waals surface area (Å²) >= 11 is 0. The summed E-state index contributed by atoms with van der Waals surface area (Å²) in [5, 5.41) is 3.20. The molecule has 0 bridgehead atoms. The zero-order valence-electron chi connectivity index (χ0n) is 9.94. The topological polar surface area (TPSA) is 73.1 Å². The molecule has 0 fully saturated rings. The number of nitrogens with two attached hydrogens (primary N) is 1. The van der Waals surface area contributed by atoms with Gasteiger partial charge in [0.2, 0.25) is 5.88 Å². The Labute approximate surface area is 96.4 Å². The lowest BCUT2D eigenvalue weighted by Gasteiger charge is -2.10. The van der Waals surface area contributed by atoms with E-state index in [9.17, 15) is 0 Å². The van der Waals surface area contributed by atoms with Crippen molar-refractivity contribution in [2.45, 2.75) is 32.7 Å². The number of aromatic nitrogens is 2. The van der Waals surface area contributed by atoms with E-state index < -0.39 is 0 Å². The minimum Gasteiger partial charge on any atom is -0.478 e. The van der Waals surface area contributed by atoms with Crippen LogP contribution in [0.15, 0.2) is 12.4 Å². The highest BCUT2D eigenvalue weighted by atomic mass is 16.5. The van der Waals surface area contributed by atoms with E-state index in [-0.39, 0.29) is 6.04 Å². The highest BCUT2D eigenvalue weighted by Crippen LogP contribution is 2.10. The van der Waals surface area contributed by atoms with E-state index in [1.807, 2.05) is 6.92 Å². The number of rotatable bonds is 7. The van der Waals surface area contributed by atoms with Crippen LogP contribution in [0.25, 0.3) is 0 Å². The van der Waals surface area contributed by atoms with Crippen molar-refractivity contribution in [2.24, 2.45) is 5.73 Å². The van der Waals surface area contributed by atoms with E-state index in [1.54, 1.807) is 6.07 Å². The Hall–Kier alpha value is -1.36. The Morgan fingerprint density at radius 3 is 2.94 bits per heavy atom. The van der Waals surface area contributed by atoms with Crippen molar-refractivity contribution < 1.29 is 4.74 Å². The van der Waals surface area contributed by atoms with Crippen LogP contribution in [-0.4, -0.2) is 29.2 Å². The van der Waals surface area contributed by atoms with Crippen molar-refractivity contribution >= 4 is 5.82 Å². The second-order valence-electron chi connectivity index (χ2n) is 3.56. The summed E-state index contributed by atoms with van der Waals surface area (Å²) in [6.45, 7) is 5.44. The van der Waals surface area contributed by atoms with Gasteiger partial charge in [-0.1, -0.05) is 6.92 Å². The fraction of sp³-hybridized carbons (Fsp3) is 0.636. The molecule has 0 aliphatic rings. The summed E-state index contributed by atoms with van der Waals surface area (Å²) in [5.74, 6) is 1.38. The molecule has 5 heteroatoms. The van der Waals surface area contributed by atoms with Gasteiger partial charge in [0, 0.05) is 18.7 Å². The minimum absolute atomic E-state index is 0.251. The molecule has 16 heavy (non-hydrogen) atoms. The molecule has 90 valence electrons. The smallest absolute Gasteiger partial charge is 0.218 e. The molecule has 1 aromatic heterocycles. The number of hydrogen-bond donors (Lipinski definition) is 2. The highest BCUT2D eigenvalue weighted by molar-refractivity contribution is 5.36. The quantitative estimate of drug-likeness (QED) is 0.732. The SMILES string of the molecule is CCOc1cc(NCCC(N)CC)ncn1. The lowest BCUT2D eigenvalue weighted by molar-refractivity contribution is 0.326. The summed E-state index contributed by atoms with van der Waals surface area (Å²) in [6, 6.07) is 2.04. The molecule has 1 aromatic rings. The van der Waals surface area contributed by atoms with Gasteiger partial charge in [-0.25, -0.2) is 9.97 Å². The van der Waals surface area contributed by atoms with Crippen LogP contribution >= 0.6 is 0 Å². The Morgan fingerprint density at radius 1 is 1.44 bits per heavy atom. The third-order valence-electron chi connectivity index (χ3n) is 2.28. The minimum atomic E-state index is 0.251. The first kappa shape index (κ1) is 12.7. The lowest BCUT2D eigenvalue weighted by Crippen LogP contribution is -2.22. The lowest BCUT2D eigenvalue weighted by atomic mass is 10.2. The number of hydrogen-bond acceptors (Lipinski definition) is 5. The van der Waals surface area contributed by atoms with E-state index in [4.69, 9.17) is 10.5 Å². The maximum Gasteiger partial charge on any atom is 0.218 e. The summed E-state index contributed by atoms with van der Waals surface area (Å²) in [4.78, 5) is 8.09. The molecule has 0 amide bonds. The van der Waals surface area contributed by atoms with Gasteiger partial charge in [-0.3, -0.25) is 0 Å². The van der Waals surface area contributed by atoms with Crippen LogP contribution in [0.2, 0.25) is 0 Å². The van der Waals surface area contributed by atoms with Crippen LogP contribution in [0.3, 0.4) is 0 Å². The zero-order chi connectivity index (χ0) is 11.8. The Bertz CT molecular complexity index is 306. The molecule has 0 saturated carbocycles. The average Bonchev–Trinajstić information content (AvgIpc) is 2.30. The molecule has 0 radical (unpaired) electrons. The molecule has 0 saturated heterocycles. The van der Waals surface area contributed by atoms with Crippen molar-refractivity contribution in [1.82, 2.24) is 9.97 Å². The van der Waals surface area contributed by atoms with E-state index in [2.05, 4.69) is 22.2 Å². The number of nitrogens with zero attached hydrogens (tertiary/aromatic N) is 2. The van der Waals surface area contributed by atoms with Gasteiger partial charge in [0.25, 0.3) is 0 Å². The second-order valence-corrected chi connectivity index (χ2v) is 3.56. The van der Waals surface area contributed by atoms with Gasteiger partial charge in [0.05, 0.1) is 6.61 Å². The van der Waals surface area contributed by atoms with Crippen LogP contribution in [0.1, 0.15) is 26.7 Å². The first-order valence-electron chi connectivity index (χ1n) is 5.70. The molecular weight excluding hydrogens is 204 g/mol. The molecule has 0 aliphatic carbocycles. The summed E-state index contributed by atoms with van der Waals surface area (Å²) in [7, 11) is 0. The molecule has 1 heterocycles. The maximum absolute atomic E-state index is 5.82. The highest BCUT2D eigenvalue weighted by Gasteiger charge is 2.01. The number of ether oxygens (including phenoxy) is 1. The number of nitrogens with one attached hydrogen (secondary N) is 1. The standard InChI is InChI=1S/C11H20N4O/c1-3-9(12)5-6-13-10-7-11(16-4-2)15-8-14-10/h7-9H,3-6,12H2,1-2H3,(H,13,14,15). The van der Waals surface area contributed by atoms with E-state index in [1.165, 1.54) is 6.33 Å². The van der Waals surface area contributed by atoms with Gasteiger partial charge in [0.15, 0.2) is 0 Å². The van der Waals surface area contributed by atoms with Crippen molar-refractivity contribution in [3.05, 3.63) is 12.4 Å².